The number of likely N-dealkylation sites (tertiary alicyclic amines) is 1. The summed E-state index contributed by atoms with van der Waals surface area (Å²) in [6.07, 6.45) is -0.113. The molecular weight excluding hydrogens is 416 g/mol. The van der Waals surface area contributed by atoms with Gasteiger partial charge in [0.1, 0.15) is 4.90 Å². The molecule has 0 spiro atoms. The molecule has 0 radical (unpaired) electrons. The maximum absolute atomic E-state index is 12.6. The molecule has 0 atom stereocenters. The van der Waals surface area contributed by atoms with Crippen molar-refractivity contribution in [2.75, 3.05) is 19.7 Å². The van der Waals surface area contributed by atoms with Crippen LogP contribution in [0.1, 0.15) is 24.0 Å². The molecule has 1 aromatic heterocycles. The van der Waals surface area contributed by atoms with E-state index in [0.717, 1.165) is 43.6 Å². The second-order valence-corrected chi connectivity index (χ2v) is 8.89. The predicted molar refractivity (Wildman–Crippen MR) is 107 cm³/mol. The van der Waals surface area contributed by atoms with E-state index in [4.69, 9.17) is 4.74 Å². The van der Waals surface area contributed by atoms with Gasteiger partial charge in [0.05, 0.1) is 6.10 Å². The summed E-state index contributed by atoms with van der Waals surface area (Å²) in [6.45, 7) is 1.59. The molecule has 30 heavy (non-hydrogen) atoms. The van der Waals surface area contributed by atoms with E-state index in [2.05, 4.69) is 14.6 Å². The summed E-state index contributed by atoms with van der Waals surface area (Å²) in [5, 5.41) is 9.58. The zero-order valence-electron chi connectivity index (χ0n) is 16.4. The molecule has 2 N–H and O–H groups in total. The lowest BCUT2D eigenvalue weighted by Gasteiger charge is -2.29. The lowest BCUT2D eigenvalue weighted by atomic mass is 10.1. The third kappa shape index (κ3) is 6.43. The number of ether oxygens (including phenoxy) is 1. The number of benzene rings is 1. The topological polar surface area (TPSA) is 91.8 Å². The fourth-order valence-electron chi connectivity index (χ4n) is 3.19. The number of nitrogens with zero attached hydrogens (tertiary/aromatic N) is 2. The van der Waals surface area contributed by atoms with Gasteiger partial charge in [0.2, 0.25) is 15.9 Å². The smallest absolute Gasteiger partial charge is 0.272 e. The van der Waals surface area contributed by atoms with Crippen molar-refractivity contribution in [1.82, 2.24) is 14.6 Å². The van der Waals surface area contributed by atoms with Gasteiger partial charge in [0.25, 0.3) is 6.43 Å². The predicted octanol–water partition coefficient (Wildman–Crippen LogP) is 2.16. The zero-order chi connectivity index (χ0) is 21.6. The fraction of sp³-hybridized carbons (Fsp3) is 0.450. The van der Waals surface area contributed by atoms with Gasteiger partial charge in [0, 0.05) is 32.4 Å². The first-order chi connectivity index (χ1) is 14.3. The van der Waals surface area contributed by atoms with Gasteiger partial charge in [-0.2, -0.15) is 0 Å². The monoisotopic (exact) mass is 441 g/mol. The highest BCUT2D eigenvalue weighted by molar-refractivity contribution is 7.89. The minimum absolute atomic E-state index is 0.0434. The number of hydrogen-bond donors (Lipinski definition) is 2. The summed E-state index contributed by atoms with van der Waals surface area (Å²) in [4.78, 5) is 5.74. The molecule has 1 fully saturated rings. The number of sulfonamides is 1. The Morgan fingerprint density at radius 3 is 2.50 bits per heavy atom. The number of piperidine rings is 1. The fourth-order valence-corrected chi connectivity index (χ4v) is 4.30. The normalized spacial score (nSPS) is 16.1. The Morgan fingerprint density at radius 1 is 1.17 bits per heavy atom. The quantitative estimate of drug-likeness (QED) is 0.620. The number of aromatic nitrogens is 1. The molecule has 0 amide bonds. The van der Waals surface area contributed by atoms with Crippen LogP contribution in [0, 0.1) is 0 Å². The van der Waals surface area contributed by atoms with Gasteiger partial charge in [-0.3, -0.25) is 4.90 Å². The lowest BCUT2D eigenvalue weighted by molar-refractivity contribution is 0.0779. The van der Waals surface area contributed by atoms with E-state index in [-0.39, 0.29) is 23.4 Å². The van der Waals surface area contributed by atoms with Gasteiger partial charge in [0.15, 0.2) is 6.61 Å². The maximum Gasteiger partial charge on any atom is 0.272 e. The van der Waals surface area contributed by atoms with E-state index in [9.17, 15) is 22.3 Å². The minimum atomic E-state index is -3.99. The molecule has 2 aromatic rings. The molecule has 1 aliphatic heterocycles. The number of pyridine rings is 1. The van der Waals surface area contributed by atoms with Crippen LogP contribution in [0.4, 0.5) is 8.78 Å². The van der Waals surface area contributed by atoms with Crippen molar-refractivity contribution in [1.29, 1.82) is 0 Å². The molecule has 3 rings (SSSR count). The number of alkyl halides is 2. The third-order valence-electron chi connectivity index (χ3n) is 4.82. The summed E-state index contributed by atoms with van der Waals surface area (Å²) < 4.78 is 57.2. The van der Waals surface area contributed by atoms with Crippen molar-refractivity contribution in [2.45, 2.75) is 43.4 Å². The average Bonchev–Trinajstić information content (AvgIpc) is 2.73. The molecule has 0 saturated carbocycles. The molecular formula is C20H25F2N3O4S. The highest BCUT2D eigenvalue weighted by Gasteiger charge is 2.21. The first-order valence-electron chi connectivity index (χ1n) is 9.67. The Kier molecular flexibility index (Phi) is 7.70. The van der Waals surface area contributed by atoms with Gasteiger partial charge in [-0.25, -0.2) is 26.9 Å². The molecule has 1 aromatic carbocycles. The van der Waals surface area contributed by atoms with Gasteiger partial charge < -0.3 is 9.84 Å². The van der Waals surface area contributed by atoms with E-state index in [1.807, 2.05) is 24.3 Å². The molecule has 1 aliphatic rings. The van der Waals surface area contributed by atoms with Gasteiger partial charge in [-0.15, -0.1) is 0 Å². The highest BCUT2D eigenvalue weighted by atomic mass is 32.2. The van der Waals surface area contributed by atoms with Crippen molar-refractivity contribution in [3.8, 4) is 5.88 Å². The van der Waals surface area contributed by atoms with Crippen LogP contribution in [0.2, 0.25) is 0 Å². The van der Waals surface area contributed by atoms with Crippen LogP contribution in [0.15, 0.2) is 47.5 Å². The standard InChI is InChI=1S/C20H25F2N3O4S/c21-19(22)14-29-20-18(2-1-9-23-20)30(27,28)24-12-15-3-5-16(6-4-15)13-25-10-7-17(26)8-11-25/h1-6,9,17,19,24,26H,7-8,10-14H2. The Bertz CT molecular complexity index is 918. The Hall–Kier alpha value is -2.14. The number of hydrogen-bond acceptors (Lipinski definition) is 6. The molecule has 0 aliphatic carbocycles. The average molecular weight is 442 g/mol. The van der Waals surface area contributed by atoms with E-state index in [0.29, 0.717) is 0 Å². The number of aliphatic hydroxyl groups is 1. The van der Waals surface area contributed by atoms with Gasteiger partial charge in [-0.1, -0.05) is 24.3 Å². The molecule has 164 valence electrons. The van der Waals surface area contributed by atoms with E-state index < -0.39 is 23.1 Å². The second kappa shape index (κ2) is 10.3. The van der Waals surface area contributed by atoms with Gasteiger partial charge >= 0.3 is 0 Å². The Balaban J connectivity index is 1.58. The van der Waals surface area contributed by atoms with Crippen LogP contribution in [-0.4, -0.2) is 55.6 Å². The largest absolute Gasteiger partial charge is 0.471 e. The van der Waals surface area contributed by atoms with Crippen LogP contribution in [0.5, 0.6) is 5.88 Å². The van der Waals surface area contributed by atoms with Crippen LogP contribution in [-0.2, 0) is 23.1 Å². The molecule has 1 saturated heterocycles. The summed E-state index contributed by atoms with van der Waals surface area (Å²) in [7, 11) is -3.99. The number of aliphatic hydroxyl groups excluding tert-OH is 1. The van der Waals surface area contributed by atoms with Crippen LogP contribution >= 0.6 is 0 Å². The molecule has 7 nitrogen and oxygen atoms in total. The lowest BCUT2D eigenvalue weighted by Crippen LogP contribution is -2.35. The number of rotatable bonds is 9. The number of nitrogens with one attached hydrogen (secondary N) is 1. The van der Waals surface area contributed by atoms with Crippen LogP contribution in [0.25, 0.3) is 0 Å². The summed E-state index contributed by atoms with van der Waals surface area (Å²) >= 11 is 0. The van der Waals surface area contributed by atoms with Crippen molar-refractivity contribution in [2.24, 2.45) is 0 Å². The van der Waals surface area contributed by atoms with Crippen LogP contribution < -0.4 is 9.46 Å². The summed E-state index contributed by atoms with van der Waals surface area (Å²) in [5.74, 6) is -0.354. The van der Waals surface area contributed by atoms with Crippen molar-refractivity contribution in [3.63, 3.8) is 0 Å². The van der Waals surface area contributed by atoms with Crippen molar-refractivity contribution < 1.29 is 27.0 Å². The Morgan fingerprint density at radius 2 is 1.83 bits per heavy atom. The highest BCUT2D eigenvalue weighted by Crippen LogP contribution is 2.21. The molecule has 2 heterocycles. The van der Waals surface area contributed by atoms with Crippen LogP contribution in [0.3, 0.4) is 0 Å². The maximum atomic E-state index is 12.6. The first-order valence-corrected chi connectivity index (χ1v) is 11.2. The summed E-state index contributed by atoms with van der Waals surface area (Å²) in [6, 6.07) is 10.2. The third-order valence-corrected chi connectivity index (χ3v) is 6.24. The van der Waals surface area contributed by atoms with E-state index >= 15 is 0 Å². The first kappa shape index (κ1) is 22.5. The number of halogens is 2. The molecule has 0 bridgehead atoms. The molecule has 10 heteroatoms. The van der Waals surface area contributed by atoms with Crippen molar-refractivity contribution >= 4 is 10.0 Å². The minimum Gasteiger partial charge on any atom is -0.471 e. The van der Waals surface area contributed by atoms with Gasteiger partial charge in [-0.05, 0) is 36.1 Å². The van der Waals surface area contributed by atoms with E-state index in [1.54, 1.807) is 0 Å². The zero-order valence-corrected chi connectivity index (χ0v) is 17.2. The SMILES string of the molecule is O=S(=O)(NCc1ccc(CN2CCC(O)CC2)cc1)c1cccnc1OCC(F)F. The Labute approximate surface area is 174 Å². The van der Waals surface area contributed by atoms with Crippen molar-refractivity contribution in [3.05, 3.63) is 53.7 Å². The molecule has 0 unspecified atom stereocenters. The summed E-state index contributed by atoms with van der Waals surface area (Å²) in [5.41, 5.74) is 1.86. The second-order valence-electron chi connectivity index (χ2n) is 7.16. The van der Waals surface area contributed by atoms with E-state index in [1.165, 1.54) is 18.3 Å².